The van der Waals surface area contributed by atoms with Crippen molar-refractivity contribution in [1.82, 2.24) is 14.4 Å². The molecule has 0 unspecified atom stereocenters. The van der Waals surface area contributed by atoms with Crippen LogP contribution in [0.3, 0.4) is 0 Å². The average Bonchev–Trinajstić information content (AvgIpc) is 3.37. The zero-order valence-electron chi connectivity index (χ0n) is 16.8. The van der Waals surface area contributed by atoms with E-state index in [2.05, 4.69) is 5.16 Å². The van der Waals surface area contributed by atoms with Gasteiger partial charge in [0.2, 0.25) is 10.0 Å². The monoisotopic (exact) mass is 433 g/mol. The minimum Gasteiger partial charge on any atom is -0.360 e. The number of rotatable bonds is 4. The van der Waals surface area contributed by atoms with Gasteiger partial charge in [-0.2, -0.15) is 4.31 Å². The second-order valence-electron chi connectivity index (χ2n) is 7.54. The van der Waals surface area contributed by atoms with Crippen molar-refractivity contribution in [2.24, 2.45) is 0 Å². The Hall–Kier alpha value is -2.23. The van der Waals surface area contributed by atoms with Gasteiger partial charge in [-0.15, -0.1) is 11.3 Å². The van der Waals surface area contributed by atoms with E-state index in [4.69, 9.17) is 4.52 Å². The van der Waals surface area contributed by atoms with Crippen LogP contribution in [-0.4, -0.2) is 55.9 Å². The molecule has 154 valence electrons. The number of sulfonamides is 1. The third kappa shape index (κ3) is 3.27. The SMILES string of the molecule is Cc1noc(C)c1S(=O)(=O)N1CC[C@@H](c2c(C(=O)N(C)C)sc3ccccc23)C1. The van der Waals surface area contributed by atoms with Crippen LogP contribution in [0.1, 0.15) is 39.0 Å². The molecular weight excluding hydrogens is 410 g/mol. The molecular formula is C20H23N3O4S2. The van der Waals surface area contributed by atoms with Gasteiger partial charge in [0, 0.05) is 37.8 Å². The van der Waals surface area contributed by atoms with Gasteiger partial charge in [-0.05, 0) is 37.3 Å². The smallest absolute Gasteiger partial charge is 0.263 e. The topological polar surface area (TPSA) is 83.7 Å². The van der Waals surface area contributed by atoms with Gasteiger partial charge in [0.15, 0.2) is 5.76 Å². The first kappa shape index (κ1) is 20.1. The number of benzene rings is 1. The van der Waals surface area contributed by atoms with Gasteiger partial charge in [-0.1, -0.05) is 23.4 Å². The Labute approximate surface area is 173 Å². The highest BCUT2D eigenvalue weighted by Crippen LogP contribution is 2.41. The third-order valence-corrected chi connectivity index (χ3v) is 8.64. The molecule has 9 heteroatoms. The fourth-order valence-electron chi connectivity index (χ4n) is 3.99. The van der Waals surface area contributed by atoms with Gasteiger partial charge in [0.1, 0.15) is 10.6 Å². The number of aromatic nitrogens is 1. The van der Waals surface area contributed by atoms with Crippen LogP contribution in [0.25, 0.3) is 10.1 Å². The summed E-state index contributed by atoms with van der Waals surface area (Å²) in [5, 5.41) is 4.82. The summed E-state index contributed by atoms with van der Waals surface area (Å²) in [6, 6.07) is 7.92. The maximum absolute atomic E-state index is 13.2. The lowest BCUT2D eigenvalue weighted by Crippen LogP contribution is -2.29. The molecule has 1 amide bonds. The molecule has 3 aromatic rings. The molecule has 29 heavy (non-hydrogen) atoms. The summed E-state index contributed by atoms with van der Waals surface area (Å²) in [5.41, 5.74) is 1.33. The molecule has 2 aromatic heterocycles. The molecule has 4 rings (SSSR count). The van der Waals surface area contributed by atoms with Crippen molar-refractivity contribution in [2.75, 3.05) is 27.2 Å². The van der Waals surface area contributed by atoms with Crippen LogP contribution in [0.4, 0.5) is 0 Å². The van der Waals surface area contributed by atoms with Crippen LogP contribution < -0.4 is 0 Å². The number of hydrogen-bond donors (Lipinski definition) is 0. The Morgan fingerprint density at radius 2 is 2.00 bits per heavy atom. The van der Waals surface area contributed by atoms with Crippen LogP contribution in [0.2, 0.25) is 0 Å². The Morgan fingerprint density at radius 3 is 2.66 bits per heavy atom. The number of carbonyl (C=O) groups is 1. The highest BCUT2D eigenvalue weighted by Gasteiger charge is 2.38. The fraction of sp³-hybridized carbons (Fsp3) is 0.400. The number of thiophene rings is 1. The molecule has 1 aliphatic heterocycles. The van der Waals surface area contributed by atoms with Crippen molar-refractivity contribution in [3.63, 3.8) is 0 Å². The van der Waals surface area contributed by atoms with Crippen molar-refractivity contribution >= 4 is 37.4 Å². The highest BCUT2D eigenvalue weighted by molar-refractivity contribution is 7.89. The number of amides is 1. The molecule has 1 fully saturated rings. The molecule has 0 bridgehead atoms. The summed E-state index contributed by atoms with van der Waals surface area (Å²) in [6.07, 6.45) is 0.664. The summed E-state index contributed by atoms with van der Waals surface area (Å²) in [6.45, 7) is 3.98. The van der Waals surface area contributed by atoms with Crippen LogP contribution >= 0.6 is 11.3 Å². The van der Waals surface area contributed by atoms with Crippen molar-refractivity contribution in [1.29, 1.82) is 0 Å². The second-order valence-corrected chi connectivity index (χ2v) is 10.5. The summed E-state index contributed by atoms with van der Waals surface area (Å²) in [4.78, 5) is 15.2. The molecule has 0 N–H and O–H groups in total. The first-order valence-electron chi connectivity index (χ1n) is 9.38. The molecule has 0 aliphatic carbocycles. The summed E-state index contributed by atoms with van der Waals surface area (Å²) >= 11 is 1.47. The van der Waals surface area contributed by atoms with Gasteiger partial charge in [-0.3, -0.25) is 4.79 Å². The molecule has 3 heterocycles. The standard InChI is InChI=1S/C20H23N3O4S2/c1-12-19(13(2)27-21-12)29(25,26)23-10-9-14(11-23)17-15-7-5-6-8-16(15)28-18(17)20(24)22(3)4/h5-8,14H,9-11H2,1-4H3/t14-/m1/s1. The lowest BCUT2D eigenvalue weighted by Gasteiger charge is -2.17. The van der Waals surface area contributed by atoms with Gasteiger partial charge in [0.05, 0.1) is 4.88 Å². The number of hydrogen-bond acceptors (Lipinski definition) is 6. The molecule has 7 nitrogen and oxygen atoms in total. The number of nitrogens with zero attached hydrogens (tertiary/aromatic N) is 3. The predicted molar refractivity (Wildman–Crippen MR) is 112 cm³/mol. The predicted octanol–water partition coefficient (Wildman–Crippen LogP) is 3.39. The van der Waals surface area contributed by atoms with E-state index in [-0.39, 0.29) is 16.7 Å². The van der Waals surface area contributed by atoms with E-state index in [0.717, 1.165) is 15.6 Å². The van der Waals surface area contributed by atoms with Crippen molar-refractivity contribution in [2.45, 2.75) is 31.1 Å². The summed E-state index contributed by atoms with van der Waals surface area (Å²) < 4.78 is 34.0. The van der Waals surface area contributed by atoms with E-state index in [0.29, 0.717) is 35.8 Å². The van der Waals surface area contributed by atoms with E-state index in [1.807, 2.05) is 24.3 Å². The minimum absolute atomic E-state index is 0.0414. The van der Waals surface area contributed by atoms with E-state index in [1.165, 1.54) is 15.6 Å². The Kier molecular flexibility index (Phi) is 5.00. The molecule has 1 aliphatic rings. The number of aryl methyl sites for hydroxylation is 2. The maximum Gasteiger partial charge on any atom is 0.263 e. The van der Waals surface area contributed by atoms with Crippen LogP contribution in [0.5, 0.6) is 0 Å². The normalized spacial score (nSPS) is 17.9. The van der Waals surface area contributed by atoms with Gasteiger partial charge >= 0.3 is 0 Å². The summed E-state index contributed by atoms with van der Waals surface area (Å²) in [7, 11) is -0.227. The van der Waals surface area contributed by atoms with Crippen LogP contribution in [0.15, 0.2) is 33.7 Å². The average molecular weight is 434 g/mol. The van der Waals surface area contributed by atoms with Crippen molar-refractivity contribution in [3.8, 4) is 0 Å². The van der Waals surface area contributed by atoms with Crippen LogP contribution in [0, 0.1) is 13.8 Å². The van der Waals surface area contributed by atoms with Crippen molar-refractivity contribution in [3.05, 3.63) is 46.2 Å². The largest absolute Gasteiger partial charge is 0.360 e. The van der Waals surface area contributed by atoms with Crippen LogP contribution in [-0.2, 0) is 10.0 Å². The first-order valence-corrected chi connectivity index (χ1v) is 11.6. The zero-order valence-corrected chi connectivity index (χ0v) is 18.4. The van der Waals surface area contributed by atoms with Gasteiger partial charge < -0.3 is 9.42 Å². The molecule has 0 radical (unpaired) electrons. The first-order chi connectivity index (χ1) is 13.7. The third-order valence-electron chi connectivity index (χ3n) is 5.36. The quantitative estimate of drug-likeness (QED) is 0.630. The maximum atomic E-state index is 13.2. The number of fused-ring (bicyclic) bond motifs is 1. The van der Waals surface area contributed by atoms with Crippen molar-refractivity contribution < 1.29 is 17.7 Å². The highest BCUT2D eigenvalue weighted by atomic mass is 32.2. The minimum atomic E-state index is -3.70. The van der Waals surface area contributed by atoms with E-state index < -0.39 is 10.0 Å². The molecule has 1 atom stereocenters. The molecule has 0 spiro atoms. The summed E-state index contributed by atoms with van der Waals surface area (Å²) in [5.74, 6) is 0.212. The fourth-order valence-corrected chi connectivity index (χ4v) is 7.09. The van der Waals surface area contributed by atoms with E-state index >= 15 is 0 Å². The lowest BCUT2D eigenvalue weighted by molar-refractivity contribution is 0.0831. The van der Waals surface area contributed by atoms with E-state index in [9.17, 15) is 13.2 Å². The molecule has 0 saturated carbocycles. The molecule has 1 saturated heterocycles. The van der Waals surface area contributed by atoms with E-state index in [1.54, 1.807) is 32.8 Å². The van der Waals surface area contributed by atoms with Gasteiger partial charge in [-0.25, -0.2) is 8.42 Å². The second kappa shape index (κ2) is 7.23. The lowest BCUT2D eigenvalue weighted by atomic mass is 9.95. The zero-order chi connectivity index (χ0) is 20.9. The Bertz CT molecular complexity index is 1170. The Balaban J connectivity index is 1.74. The molecule has 1 aromatic carbocycles. The number of carbonyl (C=O) groups excluding carboxylic acids is 1. The van der Waals surface area contributed by atoms with Gasteiger partial charge in [0.25, 0.3) is 5.91 Å². The Morgan fingerprint density at radius 1 is 1.28 bits per heavy atom.